The van der Waals surface area contributed by atoms with Crippen LogP contribution in [-0.4, -0.2) is 17.4 Å². The van der Waals surface area contributed by atoms with Gasteiger partial charge in [0.2, 0.25) is 0 Å². The average molecular weight is 325 g/mol. The number of hydrogen-bond acceptors (Lipinski definition) is 3. The van der Waals surface area contributed by atoms with E-state index in [1.54, 1.807) is 42.5 Å². The fourth-order valence-corrected chi connectivity index (χ4v) is 2.48. The molecule has 0 aromatic heterocycles. The van der Waals surface area contributed by atoms with Crippen LogP contribution in [0.2, 0.25) is 10.0 Å². The molecule has 1 aliphatic rings. The molecule has 2 atom stereocenters. The minimum absolute atomic E-state index is 0.443. The van der Waals surface area contributed by atoms with E-state index in [-0.39, 0.29) is 0 Å². The van der Waals surface area contributed by atoms with Crippen molar-refractivity contribution in [2.75, 3.05) is 0 Å². The molecule has 0 radical (unpaired) electrons. The average Bonchev–Trinajstić information content (AvgIpc) is 2.47. The molecule has 1 N–H and O–H groups in total. The molecule has 6 heteroatoms. The highest BCUT2D eigenvalue weighted by Gasteiger charge is 2.34. The van der Waals surface area contributed by atoms with Crippen LogP contribution in [0.1, 0.15) is 17.2 Å². The number of fused-ring (bicyclic) bond motifs is 1. The summed E-state index contributed by atoms with van der Waals surface area (Å²) in [7, 11) is 0. The second-order valence-corrected chi connectivity index (χ2v) is 5.41. The fraction of sp³-hybridized carbons (Fsp3) is 0.133. The number of rotatable bonds is 2. The van der Waals surface area contributed by atoms with Crippen LogP contribution in [0, 0.1) is 0 Å². The number of aliphatic carboxylic acids is 1. The summed E-state index contributed by atoms with van der Waals surface area (Å²) in [6.07, 6.45) is -1.94. The molecule has 2 aromatic rings. The molecule has 0 saturated heterocycles. The second-order valence-electron chi connectivity index (χ2n) is 4.54. The van der Waals surface area contributed by atoms with Crippen molar-refractivity contribution in [1.82, 2.24) is 0 Å². The molecule has 0 spiro atoms. The molecule has 0 aliphatic carbocycles. The van der Waals surface area contributed by atoms with Gasteiger partial charge in [-0.25, -0.2) is 4.79 Å². The zero-order chi connectivity index (χ0) is 15.0. The maximum Gasteiger partial charge on any atom is 0.373 e. The van der Waals surface area contributed by atoms with Crippen LogP contribution >= 0.6 is 23.2 Å². The van der Waals surface area contributed by atoms with Gasteiger partial charge in [-0.05, 0) is 35.9 Å². The molecule has 1 aliphatic heterocycles. The monoisotopic (exact) mass is 324 g/mol. The highest BCUT2D eigenvalue weighted by atomic mass is 35.5. The van der Waals surface area contributed by atoms with Crippen molar-refractivity contribution in [2.24, 2.45) is 0 Å². The standard InChI is InChI=1S/C15H10Cl2O4/c16-9-3-1-8(2-4-9)13-11-7-10(17)5-6-12(11)20-15(21-13)14(18)19/h1-7,13,15H,(H,18,19)/t13-,15-/m0/s1. The molecule has 1 heterocycles. The van der Waals surface area contributed by atoms with Gasteiger partial charge in [0.1, 0.15) is 11.9 Å². The summed E-state index contributed by atoms with van der Waals surface area (Å²) in [5.74, 6) is -0.743. The van der Waals surface area contributed by atoms with Gasteiger partial charge in [-0.2, -0.15) is 0 Å². The van der Waals surface area contributed by atoms with Gasteiger partial charge in [0.05, 0.1) is 0 Å². The number of carboxylic acids is 1. The van der Waals surface area contributed by atoms with Crippen LogP contribution in [0.4, 0.5) is 0 Å². The van der Waals surface area contributed by atoms with Crippen molar-refractivity contribution in [3.8, 4) is 5.75 Å². The minimum atomic E-state index is -1.36. The van der Waals surface area contributed by atoms with E-state index in [4.69, 9.17) is 37.8 Å². The van der Waals surface area contributed by atoms with Crippen molar-refractivity contribution in [1.29, 1.82) is 0 Å². The van der Waals surface area contributed by atoms with Crippen LogP contribution in [-0.2, 0) is 9.53 Å². The Hall–Kier alpha value is -1.75. The van der Waals surface area contributed by atoms with E-state index in [1.165, 1.54) is 0 Å². The summed E-state index contributed by atoms with van der Waals surface area (Å²) in [6.45, 7) is 0. The molecule has 0 amide bonds. The van der Waals surface area contributed by atoms with Crippen molar-refractivity contribution in [2.45, 2.75) is 12.4 Å². The van der Waals surface area contributed by atoms with Gasteiger partial charge in [0.25, 0.3) is 6.29 Å². The highest BCUT2D eigenvalue weighted by molar-refractivity contribution is 6.31. The summed E-state index contributed by atoms with van der Waals surface area (Å²) < 4.78 is 10.8. The number of carboxylic acid groups (broad SMARTS) is 1. The van der Waals surface area contributed by atoms with E-state index in [1.807, 2.05) is 0 Å². The maximum atomic E-state index is 11.2. The van der Waals surface area contributed by atoms with Gasteiger partial charge in [-0.1, -0.05) is 35.3 Å². The molecule has 0 saturated carbocycles. The molecular formula is C15H10Cl2O4. The van der Waals surface area contributed by atoms with Gasteiger partial charge in [-0.3, -0.25) is 0 Å². The number of ether oxygens (including phenoxy) is 2. The van der Waals surface area contributed by atoms with Gasteiger partial charge in [0.15, 0.2) is 0 Å². The van der Waals surface area contributed by atoms with E-state index in [9.17, 15) is 4.79 Å². The Kier molecular flexibility index (Phi) is 3.76. The summed E-state index contributed by atoms with van der Waals surface area (Å²) in [5.41, 5.74) is 1.46. The summed E-state index contributed by atoms with van der Waals surface area (Å²) in [5, 5.41) is 10.2. The van der Waals surface area contributed by atoms with E-state index in [0.717, 1.165) is 5.56 Å². The molecule has 3 rings (SSSR count). The first-order chi connectivity index (χ1) is 10.0. The number of halogens is 2. The number of benzene rings is 2. The lowest BCUT2D eigenvalue weighted by atomic mass is 9.99. The lowest BCUT2D eigenvalue weighted by Crippen LogP contribution is -2.35. The molecule has 0 unspecified atom stereocenters. The van der Waals surface area contributed by atoms with Gasteiger partial charge in [-0.15, -0.1) is 0 Å². The van der Waals surface area contributed by atoms with Crippen LogP contribution < -0.4 is 4.74 Å². The third-order valence-electron chi connectivity index (χ3n) is 3.12. The highest BCUT2D eigenvalue weighted by Crippen LogP contribution is 2.40. The number of hydrogen-bond donors (Lipinski definition) is 1. The Balaban J connectivity index is 2.07. The molecule has 108 valence electrons. The van der Waals surface area contributed by atoms with E-state index in [2.05, 4.69) is 0 Å². The molecule has 4 nitrogen and oxygen atoms in total. The largest absolute Gasteiger partial charge is 0.477 e. The van der Waals surface area contributed by atoms with Crippen molar-refractivity contribution < 1.29 is 19.4 Å². The molecule has 0 bridgehead atoms. The lowest BCUT2D eigenvalue weighted by molar-refractivity contribution is -0.183. The number of carbonyl (C=O) groups is 1. The third-order valence-corrected chi connectivity index (χ3v) is 3.61. The van der Waals surface area contributed by atoms with Gasteiger partial charge >= 0.3 is 5.97 Å². The SMILES string of the molecule is O=C(O)[C@H]1Oc2ccc(Cl)cc2[C@H](c2ccc(Cl)cc2)O1. The van der Waals surface area contributed by atoms with Crippen molar-refractivity contribution in [3.63, 3.8) is 0 Å². The van der Waals surface area contributed by atoms with Crippen LogP contribution in [0.15, 0.2) is 42.5 Å². The van der Waals surface area contributed by atoms with E-state index in [0.29, 0.717) is 21.4 Å². The summed E-state index contributed by atoms with van der Waals surface area (Å²) >= 11 is 11.9. The first-order valence-electron chi connectivity index (χ1n) is 6.14. The third kappa shape index (κ3) is 2.83. The predicted molar refractivity (Wildman–Crippen MR) is 77.9 cm³/mol. The zero-order valence-electron chi connectivity index (χ0n) is 10.6. The minimum Gasteiger partial charge on any atom is -0.477 e. The fourth-order valence-electron chi connectivity index (χ4n) is 2.18. The quantitative estimate of drug-likeness (QED) is 0.910. The van der Waals surface area contributed by atoms with Gasteiger partial charge in [0, 0.05) is 15.6 Å². The summed E-state index contributed by atoms with van der Waals surface area (Å²) in [4.78, 5) is 11.2. The van der Waals surface area contributed by atoms with E-state index < -0.39 is 18.4 Å². The Morgan fingerprint density at radius 2 is 1.71 bits per heavy atom. The second kappa shape index (κ2) is 5.56. The smallest absolute Gasteiger partial charge is 0.373 e. The predicted octanol–water partition coefficient (Wildman–Crippen LogP) is 3.90. The Bertz CT molecular complexity index is 685. The topological polar surface area (TPSA) is 55.8 Å². The lowest BCUT2D eigenvalue weighted by Gasteiger charge is -2.30. The first kappa shape index (κ1) is 14.2. The van der Waals surface area contributed by atoms with Crippen LogP contribution in [0.3, 0.4) is 0 Å². The van der Waals surface area contributed by atoms with E-state index >= 15 is 0 Å². The normalized spacial score (nSPS) is 20.5. The molecule has 2 aromatic carbocycles. The van der Waals surface area contributed by atoms with Gasteiger partial charge < -0.3 is 14.6 Å². The maximum absolute atomic E-state index is 11.2. The van der Waals surface area contributed by atoms with Crippen molar-refractivity contribution >= 4 is 29.2 Å². The van der Waals surface area contributed by atoms with Crippen LogP contribution in [0.5, 0.6) is 5.75 Å². The molecule has 21 heavy (non-hydrogen) atoms. The van der Waals surface area contributed by atoms with Crippen molar-refractivity contribution in [3.05, 3.63) is 63.6 Å². The molecular weight excluding hydrogens is 315 g/mol. The Labute approximate surface area is 130 Å². The summed E-state index contributed by atoms with van der Waals surface area (Å²) in [6, 6.07) is 12.0. The first-order valence-corrected chi connectivity index (χ1v) is 6.90. The zero-order valence-corrected chi connectivity index (χ0v) is 12.1. The molecule has 0 fully saturated rings. The Morgan fingerprint density at radius 1 is 1.05 bits per heavy atom. The van der Waals surface area contributed by atoms with Crippen LogP contribution in [0.25, 0.3) is 0 Å². The Morgan fingerprint density at radius 3 is 2.38 bits per heavy atom.